The summed E-state index contributed by atoms with van der Waals surface area (Å²) in [6, 6.07) is 2.01. The number of anilines is 2. The lowest BCUT2D eigenvalue weighted by molar-refractivity contribution is 0.0981. The summed E-state index contributed by atoms with van der Waals surface area (Å²) in [5.41, 5.74) is 3.51. The summed E-state index contributed by atoms with van der Waals surface area (Å²) < 4.78 is 29.3. The van der Waals surface area contributed by atoms with Crippen LogP contribution in [0.2, 0.25) is 0 Å². The van der Waals surface area contributed by atoms with Gasteiger partial charge in [-0.05, 0) is 50.7 Å². The van der Waals surface area contributed by atoms with E-state index in [4.69, 9.17) is 4.74 Å². The summed E-state index contributed by atoms with van der Waals surface area (Å²) >= 11 is 0. The number of amides is 1. The number of carbonyl (C=O) groups excluding carboxylic acids is 1. The first-order valence-corrected chi connectivity index (χ1v) is 12.1. The molecule has 1 aliphatic carbocycles. The second-order valence-corrected chi connectivity index (χ2v) is 10.5. The van der Waals surface area contributed by atoms with Gasteiger partial charge in [0.05, 0.1) is 23.4 Å². The molecule has 2 aliphatic rings. The van der Waals surface area contributed by atoms with Gasteiger partial charge in [-0.15, -0.1) is 0 Å². The van der Waals surface area contributed by atoms with Crippen molar-refractivity contribution in [3.63, 3.8) is 0 Å². The Kier molecular flexibility index (Phi) is 5.68. The van der Waals surface area contributed by atoms with Crippen LogP contribution in [0.4, 0.5) is 16.3 Å². The fourth-order valence-electron chi connectivity index (χ4n) is 4.12. The van der Waals surface area contributed by atoms with E-state index in [1.807, 2.05) is 19.9 Å². The van der Waals surface area contributed by atoms with Gasteiger partial charge in [0.2, 0.25) is 0 Å². The van der Waals surface area contributed by atoms with Crippen LogP contribution >= 0.6 is 0 Å². The zero-order valence-corrected chi connectivity index (χ0v) is 18.0. The van der Waals surface area contributed by atoms with Crippen molar-refractivity contribution in [3.05, 3.63) is 35.3 Å². The number of pyridine rings is 1. The standard InChI is InChI=1S/C20H27N5O4S/c1-12(2)22-20(26)29-15-4-3-13(7-15)17-8-19(25-24-17)23-18-10-21-9-14-11-30(27,28)6-5-16(14)18/h8-10,12-13,15H,3-7,11H2,1-2H3,(H,22,26)(H2,23,24,25)/t13-,15+/m0/s1. The predicted molar refractivity (Wildman–Crippen MR) is 112 cm³/mol. The van der Waals surface area contributed by atoms with Gasteiger partial charge in [-0.2, -0.15) is 5.10 Å². The number of ether oxygens (including phenoxy) is 1. The first-order valence-electron chi connectivity index (χ1n) is 10.2. The van der Waals surface area contributed by atoms with Crippen molar-refractivity contribution in [1.82, 2.24) is 20.5 Å². The van der Waals surface area contributed by atoms with Gasteiger partial charge in [-0.3, -0.25) is 10.1 Å². The summed E-state index contributed by atoms with van der Waals surface area (Å²) in [7, 11) is -3.04. The average Bonchev–Trinajstić information content (AvgIpc) is 3.29. The fraction of sp³-hybridized carbons (Fsp3) is 0.550. The summed E-state index contributed by atoms with van der Waals surface area (Å²) in [5.74, 6) is 1.09. The molecule has 1 saturated carbocycles. The second kappa shape index (κ2) is 8.25. The maximum Gasteiger partial charge on any atom is 0.407 e. The van der Waals surface area contributed by atoms with Crippen LogP contribution in [0, 0.1) is 0 Å². The SMILES string of the molecule is CC(C)NC(=O)O[C@@H]1CC[C@H](c2cc(Nc3cncc4c3CCS(=O)(=O)C4)n[nH]2)C1. The van der Waals surface area contributed by atoms with E-state index in [1.54, 1.807) is 12.4 Å². The first kappa shape index (κ1) is 20.6. The Bertz CT molecular complexity index is 1030. The van der Waals surface area contributed by atoms with Gasteiger partial charge in [-0.1, -0.05) is 0 Å². The molecule has 1 aliphatic heterocycles. The number of carbonyl (C=O) groups is 1. The van der Waals surface area contributed by atoms with Crippen LogP contribution in [0.1, 0.15) is 55.8 Å². The molecule has 162 valence electrons. The number of hydrogen-bond donors (Lipinski definition) is 3. The van der Waals surface area contributed by atoms with E-state index < -0.39 is 9.84 Å². The molecule has 3 N–H and O–H groups in total. The monoisotopic (exact) mass is 433 g/mol. The number of aromatic amines is 1. The smallest absolute Gasteiger partial charge is 0.407 e. The van der Waals surface area contributed by atoms with Crippen LogP contribution < -0.4 is 10.6 Å². The minimum atomic E-state index is -3.04. The van der Waals surface area contributed by atoms with Crippen molar-refractivity contribution in [1.29, 1.82) is 0 Å². The number of aromatic nitrogens is 3. The number of H-pyrrole nitrogens is 1. The van der Waals surface area contributed by atoms with E-state index >= 15 is 0 Å². The highest BCUT2D eigenvalue weighted by Gasteiger charge is 2.30. The fourth-order valence-corrected chi connectivity index (χ4v) is 5.51. The molecule has 4 rings (SSSR count). The number of hydrogen-bond acceptors (Lipinski definition) is 7. The van der Waals surface area contributed by atoms with E-state index in [1.165, 1.54) is 0 Å². The van der Waals surface area contributed by atoms with Crippen LogP contribution in [0.25, 0.3) is 0 Å². The Labute approximate surface area is 175 Å². The van der Waals surface area contributed by atoms with Gasteiger partial charge in [-0.25, -0.2) is 13.2 Å². The van der Waals surface area contributed by atoms with Crippen molar-refractivity contribution in [2.45, 2.75) is 63.3 Å². The van der Waals surface area contributed by atoms with Gasteiger partial charge in [0.1, 0.15) is 6.10 Å². The highest BCUT2D eigenvalue weighted by molar-refractivity contribution is 7.90. The molecule has 30 heavy (non-hydrogen) atoms. The third-order valence-corrected chi connectivity index (χ3v) is 7.13. The molecule has 1 amide bonds. The van der Waals surface area contributed by atoms with Crippen LogP contribution in [-0.4, -0.2) is 47.6 Å². The Balaban J connectivity index is 1.40. The largest absolute Gasteiger partial charge is 0.446 e. The first-order chi connectivity index (χ1) is 14.3. The Morgan fingerprint density at radius 3 is 2.93 bits per heavy atom. The molecular formula is C20H27N5O4S. The van der Waals surface area contributed by atoms with Crippen molar-refractivity contribution < 1.29 is 17.9 Å². The van der Waals surface area contributed by atoms with Crippen molar-refractivity contribution in [3.8, 4) is 0 Å². The lowest BCUT2D eigenvalue weighted by Gasteiger charge is -2.19. The minimum absolute atomic E-state index is 0.0323. The van der Waals surface area contributed by atoms with E-state index in [0.29, 0.717) is 12.2 Å². The summed E-state index contributed by atoms with van der Waals surface area (Å²) in [4.78, 5) is 16.0. The Hall–Kier alpha value is -2.62. The van der Waals surface area contributed by atoms with Gasteiger partial charge >= 0.3 is 6.09 Å². The number of sulfone groups is 1. The molecule has 2 aromatic rings. The molecule has 3 heterocycles. The number of nitrogens with one attached hydrogen (secondary N) is 3. The van der Waals surface area contributed by atoms with Gasteiger partial charge in [0.25, 0.3) is 0 Å². The third-order valence-electron chi connectivity index (χ3n) is 5.55. The molecule has 0 saturated heterocycles. The summed E-state index contributed by atoms with van der Waals surface area (Å²) in [6.07, 6.45) is 5.84. The maximum absolute atomic E-state index is 11.9. The van der Waals surface area contributed by atoms with Crippen LogP contribution in [0.3, 0.4) is 0 Å². The molecule has 2 atom stereocenters. The normalized spacial score (nSPS) is 22.5. The van der Waals surface area contributed by atoms with E-state index in [2.05, 4.69) is 25.8 Å². The zero-order valence-electron chi connectivity index (χ0n) is 17.1. The summed E-state index contributed by atoms with van der Waals surface area (Å²) in [5, 5.41) is 13.5. The van der Waals surface area contributed by atoms with Crippen LogP contribution in [0.5, 0.6) is 0 Å². The predicted octanol–water partition coefficient (Wildman–Crippen LogP) is 2.79. The van der Waals surface area contributed by atoms with E-state index in [-0.39, 0.29) is 35.7 Å². The average molecular weight is 434 g/mol. The minimum Gasteiger partial charge on any atom is -0.446 e. The zero-order chi connectivity index (χ0) is 21.3. The molecule has 0 unspecified atom stereocenters. The molecule has 0 aromatic carbocycles. The van der Waals surface area contributed by atoms with Crippen molar-refractivity contribution in [2.24, 2.45) is 0 Å². The third kappa shape index (κ3) is 4.75. The topological polar surface area (TPSA) is 126 Å². The van der Waals surface area contributed by atoms with Crippen molar-refractivity contribution in [2.75, 3.05) is 11.1 Å². The van der Waals surface area contributed by atoms with Crippen LogP contribution in [0.15, 0.2) is 18.5 Å². The molecular weight excluding hydrogens is 406 g/mol. The molecule has 0 bridgehead atoms. The highest BCUT2D eigenvalue weighted by Crippen LogP contribution is 2.36. The number of alkyl carbamates (subject to hydrolysis) is 1. The Morgan fingerprint density at radius 2 is 2.13 bits per heavy atom. The Morgan fingerprint density at radius 1 is 1.30 bits per heavy atom. The molecule has 0 radical (unpaired) electrons. The second-order valence-electron chi connectivity index (χ2n) is 8.34. The molecule has 9 nitrogen and oxygen atoms in total. The number of fused-ring (bicyclic) bond motifs is 1. The van der Waals surface area contributed by atoms with Crippen LogP contribution in [-0.2, 0) is 26.7 Å². The van der Waals surface area contributed by atoms with Gasteiger partial charge < -0.3 is 15.4 Å². The molecule has 10 heteroatoms. The van der Waals surface area contributed by atoms with E-state index in [9.17, 15) is 13.2 Å². The van der Waals surface area contributed by atoms with E-state index in [0.717, 1.165) is 41.8 Å². The lowest BCUT2D eigenvalue weighted by atomic mass is 10.0. The maximum atomic E-state index is 11.9. The van der Waals surface area contributed by atoms with Gasteiger partial charge in [0.15, 0.2) is 15.7 Å². The summed E-state index contributed by atoms with van der Waals surface area (Å²) in [6.45, 7) is 3.80. The number of rotatable bonds is 5. The quantitative estimate of drug-likeness (QED) is 0.662. The molecule has 0 spiro atoms. The molecule has 2 aromatic heterocycles. The van der Waals surface area contributed by atoms with Gasteiger partial charge in [0, 0.05) is 29.9 Å². The van der Waals surface area contributed by atoms with Crippen molar-refractivity contribution >= 4 is 27.4 Å². The molecule has 1 fully saturated rings. The number of nitrogens with zero attached hydrogens (tertiary/aromatic N) is 2. The lowest BCUT2D eigenvalue weighted by Crippen LogP contribution is -2.33. The highest BCUT2D eigenvalue weighted by atomic mass is 32.2.